The van der Waals surface area contributed by atoms with Crippen molar-refractivity contribution < 1.29 is 26.7 Å². The van der Waals surface area contributed by atoms with E-state index in [1.165, 1.54) is 19.2 Å². The Labute approximate surface area is 162 Å². The van der Waals surface area contributed by atoms with E-state index in [2.05, 4.69) is 10.0 Å². The Bertz CT molecular complexity index is 989. The van der Waals surface area contributed by atoms with Crippen molar-refractivity contribution in [1.82, 2.24) is 4.72 Å². The zero-order chi connectivity index (χ0) is 20.3. The summed E-state index contributed by atoms with van der Waals surface area (Å²) in [5.41, 5.74) is -0.370. The number of halogens is 2. The number of carbonyl (C=O) groups is 1. The minimum absolute atomic E-state index is 0.0312. The van der Waals surface area contributed by atoms with Crippen LogP contribution in [0, 0.1) is 11.6 Å². The number of hydrogen-bond donors (Lipinski definition) is 2. The molecule has 28 heavy (non-hydrogen) atoms. The third-order valence-electron chi connectivity index (χ3n) is 4.57. The molecule has 0 bridgehead atoms. The highest BCUT2D eigenvalue weighted by molar-refractivity contribution is 7.89. The average molecular weight is 410 g/mol. The van der Waals surface area contributed by atoms with Crippen LogP contribution in [0.1, 0.15) is 36.0 Å². The smallest absolute Gasteiger partial charge is 0.255 e. The number of sulfonamides is 1. The molecule has 1 aliphatic carbocycles. The molecule has 1 amide bonds. The number of anilines is 1. The molecule has 1 fully saturated rings. The second-order valence-electron chi connectivity index (χ2n) is 6.55. The van der Waals surface area contributed by atoms with Gasteiger partial charge in [-0.05, 0) is 43.2 Å². The fraction of sp³-hybridized carbons (Fsp3) is 0.316. The van der Waals surface area contributed by atoms with E-state index >= 15 is 0 Å². The maximum Gasteiger partial charge on any atom is 0.255 e. The lowest BCUT2D eigenvalue weighted by Crippen LogP contribution is -2.33. The van der Waals surface area contributed by atoms with Gasteiger partial charge >= 0.3 is 0 Å². The van der Waals surface area contributed by atoms with Gasteiger partial charge in [0.2, 0.25) is 10.0 Å². The molecule has 2 aromatic carbocycles. The maximum atomic E-state index is 13.8. The molecule has 0 radical (unpaired) electrons. The van der Waals surface area contributed by atoms with Gasteiger partial charge in [0, 0.05) is 17.7 Å². The van der Waals surface area contributed by atoms with Crippen LogP contribution in [0.5, 0.6) is 5.75 Å². The number of carbonyl (C=O) groups excluding carboxylic acids is 1. The highest BCUT2D eigenvalue weighted by atomic mass is 32.2. The third kappa shape index (κ3) is 4.48. The lowest BCUT2D eigenvalue weighted by molar-refractivity contribution is 0.102. The van der Waals surface area contributed by atoms with E-state index in [0.29, 0.717) is 0 Å². The predicted molar refractivity (Wildman–Crippen MR) is 99.9 cm³/mol. The molecule has 3 rings (SSSR count). The van der Waals surface area contributed by atoms with Crippen molar-refractivity contribution in [1.29, 1.82) is 0 Å². The van der Waals surface area contributed by atoms with Crippen molar-refractivity contribution in [2.75, 3.05) is 12.4 Å². The van der Waals surface area contributed by atoms with E-state index < -0.39 is 27.6 Å². The summed E-state index contributed by atoms with van der Waals surface area (Å²) in [5, 5.41) is 2.25. The maximum absolute atomic E-state index is 13.8. The SMILES string of the molecule is COc1ccc(C(=O)Nc2cc(F)ccc2F)cc1S(=O)(=O)NC1CCCC1. The molecular formula is C19H20F2N2O4S. The Morgan fingerprint density at radius 1 is 1.11 bits per heavy atom. The number of methoxy groups -OCH3 is 1. The highest BCUT2D eigenvalue weighted by Crippen LogP contribution is 2.28. The van der Waals surface area contributed by atoms with E-state index in [1.807, 2.05) is 0 Å². The van der Waals surface area contributed by atoms with Crippen LogP contribution < -0.4 is 14.8 Å². The van der Waals surface area contributed by atoms with Gasteiger partial charge in [0.1, 0.15) is 22.3 Å². The summed E-state index contributed by atoms with van der Waals surface area (Å²) in [5.74, 6) is -2.21. The first-order valence-corrected chi connectivity index (χ1v) is 10.3. The lowest BCUT2D eigenvalue weighted by atomic mass is 10.2. The number of ether oxygens (including phenoxy) is 1. The molecule has 1 aliphatic rings. The van der Waals surface area contributed by atoms with Crippen LogP contribution in [0.25, 0.3) is 0 Å². The van der Waals surface area contributed by atoms with Crippen LogP contribution in [0.2, 0.25) is 0 Å². The van der Waals surface area contributed by atoms with E-state index in [9.17, 15) is 22.0 Å². The summed E-state index contributed by atoms with van der Waals surface area (Å²) in [6.07, 6.45) is 3.40. The molecule has 1 saturated carbocycles. The zero-order valence-corrected chi connectivity index (χ0v) is 16.0. The van der Waals surface area contributed by atoms with Gasteiger partial charge in [-0.2, -0.15) is 0 Å². The average Bonchev–Trinajstić information content (AvgIpc) is 3.16. The van der Waals surface area contributed by atoms with Gasteiger partial charge in [-0.25, -0.2) is 21.9 Å². The standard InChI is InChI=1S/C19H20F2N2O4S/c1-27-17-9-6-12(19(24)22-16-11-13(20)7-8-15(16)21)10-18(17)28(25,26)23-14-4-2-3-5-14/h6-11,14,23H,2-5H2,1H3,(H,22,24). The van der Waals surface area contributed by atoms with E-state index in [0.717, 1.165) is 49.9 Å². The number of nitrogens with one attached hydrogen (secondary N) is 2. The van der Waals surface area contributed by atoms with E-state index in [4.69, 9.17) is 4.74 Å². The molecule has 0 spiro atoms. The number of amides is 1. The van der Waals surface area contributed by atoms with Crippen molar-refractivity contribution >= 4 is 21.6 Å². The first-order valence-electron chi connectivity index (χ1n) is 8.77. The minimum atomic E-state index is -3.92. The molecule has 0 unspecified atom stereocenters. The second-order valence-corrected chi connectivity index (χ2v) is 8.23. The Balaban J connectivity index is 1.89. The van der Waals surface area contributed by atoms with Gasteiger partial charge in [0.05, 0.1) is 12.8 Å². The Kier molecular flexibility index (Phi) is 5.95. The summed E-state index contributed by atoms with van der Waals surface area (Å²) in [7, 11) is -2.59. The molecule has 0 aromatic heterocycles. The van der Waals surface area contributed by atoms with Crippen molar-refractivity contribution in [3.8, 4) is 5.75 Å². The Hall–Kier alpha value is -2.52. The quantitative estimate of drug-likeness (QED) is 0.764. The van der Waals surface area contributed by atoms with Gasteiger partial charge in [-0.15, -0.1) is 0 Å². The normalized spacial score (nSPS) is 14.8. The van der Waals surface area contributed by atoms with Crippen molar-refractivity contribution in [2.45, 2.75) is 36.6 Å². The van der Waals surface area contributed by atoms with Gasteiger partial charge in [0.15, 0.2) is 0 Å². The molecule has 0 heterocycles. The Morgan fingerprint density at radius 2 is 1.82 bits per heavy atom. The van der Waals surface area contributed by atoms with Crippen molar-refractivity contribution in [2.24, 2.45) is 0 Å². The topological polar surface area (TPSA) is 84.5 Å². The van der Waals surface area contributed by atoms with Gasteiger partial charge < -0.3 is 10.1 Å². The summed E-state index contributed by atoms with van der Waals surface area (Å²) in [4.78, 5) is 12.3. The molecular weight excluding hydrogens is 390 g/mol. The summed E-state index contributed by atoms with van der Waals surface area (Å²) in [6.45, 7) is 0. The van der Waals surface area contributed by atoms with Crippen LogP contribution in [0.15, 0.2) is 41.3 Å². The summed E-state index contributed by atoms with van der Waals surface area (Å²) < 4.78 is 60.3. The van der Waals surface area contributed by atoms with E-state index in [-0.39, 0.29) is 27.9 Å². The monoisotopic (exact) mass is 410 g/mol. The van der Waals surface area contributed by atoms with Crippen LogP contribution in [-0.4, -0.2) is 27.5 Å². The molecule has 0 atom stereocenters. The molecule has 2 N–H and O–H groups in total. The molecule has 150 valence electrons. The number of benzene rings is 2. The summed E-state index contributed by atoms with van der Waals surface area (Å²) >= 11 is 0. The highest BCUT2D eigenvalue weighted by Gasteiger charge is 2.26. The molecule has 0 aliphatic heterocycles. The molecule has 9 heteroatoms. The predicted octanol–water partition coefficient (Wildman–Crippen LogP) is 3.45. The van der Waals surface area contributed by atoms with Crippen molar-refractivity contribution in [3.63, 3.8) is 0 Å². The van der Waals surface area contributed by atoms with Crippen LogP contribution in [0.3, 0.4) is 0 Å². The summed E-state index contributed by atoms with van der Waals surface area (Å²) in [6, 6.07) is 6.35. The lowest BCUT2D eigenvalue weighted by Gasteiger charge is -2.16. The van der Waals surface area contributed by atoms with Gasteiger partial charge in [-0.3, -0.25) is 4.79 Å². The molecule has 0 saturated heterocycles. The number of rotatable bonds is 6. The zero-order valence-electron chi connectivity index (χ0n) is 15.2. The number of hydrogen-bond acceptors (Lipinski definition) is 4. The van der Waals surface area contributed by atoms with Crippen LogP contribution >= 0.6 is 0 Å². The second kappa shape index (κ2) is 8.24. The third-order valence-corrected chi connectivity index (χ3v) is 6.11. The Morgan fingerprint density at radius 3 is 2.50 bits per heavy atom. The first-order chi connectivity index (χ1) is 13.3. The van der Waals surface area contributed by atoms with Crippen LogP contribution in [-0.2, 0) is 10.0 Å². The van der Waals surface area contributed by atoms with Crippen molar-refractivity contribution in [3.05, 3.63) is 53.6 Å². The van der Waals surface area contributed by atoms with E-state index in [1.54, 1.807) is 0 Å². The molecule has 6 nitrogen and oxygen atoms in total. The fourth-order valence-electron chi connectivity index (χ4n) is 3.14. The molecule has 2 aromatic rings. The van der Waals surface area contributed by atoms with Crippen LogP contribution in [0.4, 0.5) is 14.5 Å². The fourth-order valence-corrected chi connectivity index (χ4v) is 4.64. The largest absolute Gasteiger partial charge is 0.495 e. The minimum Gasteiger partial charge on any atom is -0.495 e. The van der Waals surface area contributed by atoms with Gasteiger partial charge in [-0.1, -0.05) is 12.8 Å². The van der Waals surface area contributed by atoms with Gasteiger partial charge in [0.25, 0.3) is 5.91 Å². The first kappa shape index (κ1) is 20.2.